The maximum absolute atomic E-state index is 12.9. The van der Waals surface area contributed by atoms with Gasteiger partial charge in [0.1, 0.15) is 0 Å². The molecule has 0 saturated heterocycles. The maximum Gasteiger partial charge on any atom is 0.335 e. The quantitative estimate of drug-likeness (QED) is 0.431. The first-order valence-electron chi connectivity index (χ1n) is 8.08. The van der Waals surface area contributed by atoms with Crippen molar-refractivity contribution in [3.05, 3.63) is 88.1 Å². The number of anilines is 1. The van der Waals surface area contributed by atoms with Crippen LogP contribution in [0.2, 0.25) is 0 Å². The van der Waals surface area contributed by atoms with Gasteiger partial charge >= 0.3 is 5.97 Å². The Morgan fingerprint density at radius 2 is 1.56 bits per heavy atom. The molecule has 0 bridgehead atoms. The third kappa shape index (κ3) is 4.59. The van der Waals surface area contributed by atoms with Crippen LogP contribution < -0.4 is 10.6 Å². The zero-order valence-electron chi connectivity index (χ0n) is 14.1. The Hall–Kier alpha value is -3.45. The largest absolute Gasteiger partial charge is 0.478 e. The fraction of sp³-hybridized carbons (Fsp3) is 0.0500. The maximum atomic E-state index is 12.9. The smallest absolute Gasteiger partial charge is 0.335 e. The third-order valence-corrected chi connectivity index (χ3v) is 4.65. The molecule has 2 aromatic carbocycles. The average molecular weight is 380 g/mol. The van der Waals surface area contributed by atoms with E-state index in [4.69, 9.17) is 5.11 Å². The van der Waals surface area contributed by atoms with E-state index in [2.05, 4.69) is 10.6 Å². The number of thiophene rings is 1. The van der Waals surface area contributed by atoms with Crippen LogP contribution in [0.5, 0.6) is 0 Å². The van der Waals surface area contributed by atoms with E-state index in [1.807, 2.05) is 0 Å². The monoisotopic (exact) mass is 380 g/mol. The molecule has 1 amide bonds. The number of hydrogen-bond donors (Lipinski definition) is 3. The molecule has 6 nitrogen and oxygen atoms in total. The minimum absolute atomic E-state index is 0.133. The molecule has 3 aromatic rings. The van der Waals surface area contributed by atoms with Crippen LogP contribution in [0, 0.1) is 0 Å². The number of hydrogen-bond acceptors (Lipinski definition) is 5. The lowest BCUT2D eigenvalue weighted by Crippen LogP contribution is -2.46. The van der Waals surface area contributed by atoms with Crippen LogP contribution in [-0.4, -0.2) is 28.9 Å². The lowest BCUT2D eigenvalue weighted by Gasteiger charge is -2.20. The van der Waals surface area contributed by atoms with Crippen molar-refractivity contribution in [2.75, 3.05) is 5.32 Å². The first kappa shape index (κ1) is 18.3. The zero-order chi connectivity index (χ0) is 19.2. The fourth-order valence-electron chi connectivity index (χ4n) is 2.42. The normalized spacial score (nSPS) is 11.4. The first-order valence-corrected chi connectivity index (χ1v) is 8.96. The highest BCUT2D eigenvalue weighted by Crippen LogP contribution is 2.14. The third-order valence-electron chi connectivity index (χ3n) is 3.78. The Morgan fingerprint density at radius 3 is 2.15 bits per heavy atom. The minimum atomic E-state index is -1.04. The van der Waals surface area contributed by atoms with Crippen LogP contribution in [0.1, 0.15) is 30.4 Å². The molecule has 7 heteroatoms. The molecule has 0 aliphatic heterocycles. The highest BCUT2D eigenvalue weighted by molar-refractivity contribution is 7.12. The predicted octanol–water partition coefficient (Wildman–Crippen LogP) is 3.50. The molecule has 3 N–H and O–H groups in total. The summed E-state index contributed by atoms with van der Waals surface area (Å²) in [6, 6.07) is 18.0. The lowest BCUT2D eigenvalue weighted by molar-refractivity contribution is 0.0696. The van der Waals surface area contributed by atoms with Gasteiger partial charge in [0, 0.05) is 11.3 Å². The van der Waals surface area contributed by atoms with Crippen molar-refractivity contribution in [1.29, 1.82) is 0 Å². The van der Waals surface area contributed by atoms with Crippen molar-refractivity contribution in [2.24, 2.45) is 0 Å². The summed E-state index contributed by atoms with van der Waals surface area (Å²) in [6.07, 6.45) is -1.00. The number of carboxylic acid groups (broad SMARTS) is 1. The number of carbonyl (C=O) groups excluding carboxylic acids is 2. The molecule has 27 heavy (non-hydrogen) atoms. The zero-order valence-corrected chi connectivity index (χ0v) is 14.9. The summed E-state index contributed by atoms with van der Waals surface area (Å²) in [5.41, 5.74) is 1.10. The summed E-state index contributed by atoms with van der Waals surface area (Å²) in [5.74, 6) is -1.71. The summed E-state index contributed by atoms with van der Waals surface area (Å²) in [6.45, 7) is 0. The Balaban J connectivity index is 1.83. The van der Waals surface area contributed by atoms with Crippen LogP contribution in [-0.2, 0) is 0 Å². The van der Waals surface area contributed by atoms with Gasteiger partial charge in [0.2, 0.25) is 5.78 Å². The van der Waals surface area contributed by atoms with Gasteiger partial charge in [-0.3, -0.25) is 9.59 Å². The highest BCUT2D eigenvalue weighted by atomic mass is 32.1. The van der Waals surface area contributed by atoms with Gasteiger partial charge in [-0.2, -0.15) is 0 Å². The molecule has 0 aliphatic carbocycles. The van der Waals surface area contributed by atoms with E-state index in [1.54, 1.807) is 60.0 Å². The van der Waals surface area contributed by atoms with Crippen LogP contribution in [0.15, 0.2) is 72.1 Å². The highest BCUT2D eigenvalue weighted by Gasteiger charge is 2.23. The number of ketones is 1. The van der Waals surface area contributed by atoms with Gasteiger partial charge in [0.25, 0.3) is 5.91 Å². The van der Waals surface area contributed by atoms with Gasteiger partial charge in [-0.05, 0) is 35.7 Å². The molecule has 0 unspecified atom stereocenters. The number of nitrogens with one attached hydrogen (secondary N) is 2. The Labute approximate surface area is 159 Å². The van der Waals surface area contributed by atoms with Crippen LogP contribution in [0.4, 0.5) is 5.69 Å². The predicted molar refractivity (Wildman–Crippen MR) is 103 cm³/mol. The number of Topliss-reactive ketones (excluding diaryl/α,β-unsaturated/α-hetero) is 1. The van der Waals surface area contributed by atoms with Gasteiger partial charge < -0.3 is 15.7 Å². The molecule has 0 saturated carbocycles. The molecule has 1 heterocycles. The second kappa shape index (κ2) is 8.29. The van der Waals surface area contributed by atoms with Crippen molar-refractivity contribution in [3.63, 3.8) is 0 Å². The van der Waals surface area contributed by atoms with E-state index in [-0.39, 0.29) is 17.3 Å². The van der Waals surface area contributed by atoms with E-state index in [9.17, 15) is 14.4 Å². The lowest BCUT2D eigenvalue weighted by atomic mass is 10.1. The molecule has 0 radical (unpaired) electrons. The molecule has 136 valence electrons. The standard InChI is InChI=1S/C20H16N2O4S/c23-17(13-5-2-1-3-6-13)18(22-19(24)16-7-4-12-27-16)21-15-10-8-14(9-11-15)20(25)26/h1-12,18,21H,(H,22,24)(H,25,26)/t18-/m0/s1. The topological polar surface area (TPSA) is 95.5 Å². The van der Waals surface area contributed by atoms with Gasteiger partial charge in [-0.1, -0.05) is 36.4 Å². The van der Waals surface area contributed by atoms with E-state index in [1.165, 1.54) is 23.5 Å². The van der Waals surface area contributed by atoms with Crippen molar-refractivity contribution >= 4 is 34.7 Å². The first-order chi connectivity index (χ1) is 13.0. The fourth-order valence-corrected chi connectivity index (χ4v) is 3.05. The van der Waals surface area contributed by atoms with Crippen LogP contribution in [0.3, 0.4) is 0 Å². The van der Waals surface area contributed by atoms with Gasteiger partial charge in [0.05, 0.1) is 10.4 Å². The second-order valence-corrected chi connectivity index (χ2v) is 6.59. The number of carbonyl (C=O) groups is 3. The van der Waals surface area contributed by atoms with Gasteiger partial charge in [0.15, 0.2) is 6.17 Å². The van der Waals surface area contributed by atoms with Crippen LogP contribution >= 0.6 is 11.3 Å². The van der Waals surface area contributed by atoms with Gasteiger partial charge in [-0.15, -0.1) is 11.3 Å². The average Bonchev–Trinajstić information content (AvgIpc) is 3.23. The Morgan fingerprint density at radius 1 is 0.852 bits per heavy atom. The summed E-state index contributed by atoms with van der Waals surface area (Å²) in [4.78, 5) is 36.7. The van der Waals surface area contributed by atoms with E-state index in [0.717, 1.165) is 0 Å². The molecule has 0 fully saturated rings. The van der Waals surface area contributed by atoms with Crippen molar-refractivity contribution in [2.45, 2.75) is 6.17 Å². The van der Waals surface area contributed by atoms with Crippen molar-refractivity contribution < 1.29 is 19.5 Å². The summed E-state index contributed by atoms with van der Waals surface area (Å²) in [7, 11) is 0. The summed E-state index contributed by atoms with van der Waals surface area (Å²) >= 11 is 1.28. The summed E-state index contributed by atoms with van der Waals surface area (Å²) in [5, 5.41) is 16.4. The number of amides is 1. The number of carboxylic acids is 1. The molecule has 0 aliphatic rings. The molecule has 1 atom stereocenters. The minimum Gasteiger partial charge on any atom is -0.478 e. The summed E-state index contributed by atoms with van der Waals surface area (Å²) < 4.78 is 0. The van der Waals surface area contributed by atoms with Crippen molar-refractivity contribution in [1.82, 2.24) is 5.32 Å². The molecule has 3 rings (SSSR count). The molecular formula is C20H16N2O4S. The molecule has 0 spiro atoms. The Bertz CT molecular complexity index is 938. The number of aromatic carboxylic acids is 1. The molecular weight excluding hydrogens is 364 g/mol. The van der Waals surface area contributed by atoms with E-state index >= 15 is 0 Å². The van der Waals surface area contributed by atoms with E-state index in [0.29, 0.717) is 16.1 Å². The second-order valence-electron chi connectivity index (χ2n) is 5.64. The number of rotatable bonds is 7. The van der Waals surface area contributed by atoms with Gasteiger partial charge in [-0.25, -0.2) is 4.79 Å². The van der Waals surface area contributed by atoms with E-state index < -0.39 is 12.1 Å². The van der Waals surface area contributed by atoms with Crippen LogP contribution in [0.25, 0.3) is 0 Å². The Kier molecular flexibility index (Phi) is 5.63. The van der Waals surface area contributed by atoms with Crippen molar-refractivity contribution in [3.8, 4) is 0 Å². The molecule has 1 aromatic heterocycles. The SMILES string of the molecule is O=C(O)c1ccc(N[C@@H](NC(=O)c2cccs2)C(=O)c2ccccc2)cc1. The number of benzene rings is 2.